The first-order valence-corrected chi connectivity index (χ1v) is 8.37. The molecule has 0 aliphatic carbocycles. The minimum atomic E-state index is -1.01. The van der Waals surface area contributed by atoms with Crippen LogP contribution in [-0.2, 0) is 14.5 Å². The first-order valence-electron chi connectivity index (χ1n) is 7.55. The zero-order valence-corrected chi connectivity index (χ0v) is 13.4. The Balaban J connectivity index is 2.01. The number of carbonyl (C=O) groups is 1. The molecule has 1 amide bonds. The number of nitrogens with one attached hydrogen (secondary N) is 1. The molecule has 3 nitrogen and oxygen atoms in total. The summed E-state index contributed by atoms with van der Waals surface area (Å²) in [5.74, 6) is -0.112. The van der Waals surface area contributed by atoms with Crippen LogP contribution in [0, 0.1) is 0 Å². The minimum Gasteiger partial charge on any atom is -0.351 e. The molecule has 1 atom stereocenters. The van der Waals surface area contributed by atoms with Crippen molar-refractivity contribution in [3.8, 4) is 0 Å². The van der Waals surface area contributed by atoms with Gasteiger partial charge in [0.25, 0.3) is 5.91 Å². The van der Waals surface area contributed by atoms with Crippen molar-refractivity contribution >= 4 is 23.4 Å². The van der Waals surface area contributed by atoms with Crippen LogP contribution in [0.3, 0.4) is 0 Å². The van der Waals surface area contributed by atoms with Crippen LogP contribution in [-0.4, -0.2) is 12.5 Å². The molecule has 1 unspecified atom stereocenters. The number of ether oxygens (including phenoxy) is 1. The van der Waals surface area contributed by atoms with Crippen molar-refractivity contribution < 1.29 is 9.53 Å². The molecule has 0 spiro atoms. The summed E-state index contributed by atoms with van der Waals surface area (Å²) in [5.41, 5.74) is 1.73. The fraction of sp³-hybridized carbons (Fsp3) is 0.278. The Hall–Kier alpha value is -1.78. The molecule has 2 aromatic rings. The monoisotopic (exact) mass is 313 g/mol. The van der Waals surface area contributed by atoms with Crippen LogP contribution in [0.25, 0.3) is 0 Å². The van der Waals surface area contributed by atoms with Crippen molar-refractivity contribution in [2.45, 2.75) is 29.6 Å². The predicted octanol–water partition coefficient (Wildman–Crippen LogP) is 4.40. The molecule has 114 valence electrons. The molecule has 4 heteroatoms. The molecule has 1 aliphatic rings. The van der Waals surface area contributed by atoms with Crippen LogP contribution in [0.5, 0.6) is 0 Å². The van der Waals surface area contributed by atoms with Crippen LogP contribution in [0.2, 0.25) is 0 Å². The van der Waals surface area contributed by atoms with E-state index in [1.54, 1.807) is 0 Å². The highest BCUT2D eigenvalue weighted by Gasteiger charge is 2.46. The van der Waals surface area contributed by atoms with E-state index in [2.05, 4.69) is 12.2 Å². The second kappa shape index (κ2) is 6.55. The molecular formula is C18H19NO2S. The number of hydrogen-bond donors (Lipinski definition) is 1. The first-order chi connectivity index (χ1) is 10.8. The normalized spacial score (nSPS) is 20.3. The van der Waals surface area contributed by atoms with E-state index in [4.69, 9.17) is 4.74 Å². The average molecular weight is 313 g/mol. The molecule has 0 saturated carbocycles. The molecule has 22 heavy (non-hydrogen) atoms. The first kappa shape index (κ1) is 15.1. The quantitative estimate of drug-likeness (QED) is 0.831. The predicted molar refractivity (Wildman–Crippen MR) is 89.9 cm³/mol. The molecule has 1 heterocycles. The number of anilines is 1. The van der Waals surface area contributed by atoms with Crippen molar-refractivity contribution in [3.05, 3.63) is 60.2 Å². The lowest BCUT2D eigenvalue weighted by atomic mass is 10.1. The average Bonchev–Trinajstić information content (AvgIpc) is 2.56. The van der Waals surface area contributed by atoms with Crippen LogP contribution in [0.4, 0.5) is 5.69 Å². The highest BCUT2D eigenvalue weighted by atomic mass is 32.2. The standard InChI is InChI=1S/C18H19NO2S/c1-2-3-13-21-18(14-9-5-4-6-10-14)17(20)19-15-11-7-8-12-16(15)22-18/h4-12H,2-3,13H2,1H3,(H,19,20). The topological polar surface area (TPSA) is 38.3 Å². The summed E-state index contributed by atoms with van der Waals surface area (Å²) in [6, 6.07) is 17.6. The van der Waals surface area contributed by atoms with Crippen LogP contribution >= 0.6 is 11.8 Å². The van der Waals surface area contributed by atoms with Gasteiger partial charge in [0.2, 0.25) is 4.93 Å². The molecule has 0 saturated heterocycles. The number of amides is 1. The third-order valence-electron chi connectivity index (χ3n) is 3.64. The number of hydrogen-bond acceptors (Lipinski definition) is 3. The van der Waals surface area contributed by atoms with E-state index < -0.39 is 4.93 Å². The SMILES string of the molecule is CCCCOC1(c2ccccc2)Sc2ccccc2NC1=O. The lowest BCUT2D eigenvalue weighted by Crippen LogP contribution is -2.42. The Bertz CT molecular complexity index is 659. The van der Waals surface area contributed by atoms with Gasteiger partial charge in [-0.15, -0.1) is 0 Å². The van der Waals surface area contributed by atoms with E-state index in [-0.39, 0.29) is 5.91 Å². The van der Waals surface area contributed by atoms with E-state index in [0.29, 0.717) is 6.61 Å². The van der Waals surface area contributed by atoms with E-state index in [1.807, 2.05) is 54.6 Å². The van der Waals surface area contributed by atoms with Crippen LogP contribution in [0.15, 0.2) is 59.5 Å². The second-order valence-corrected chi connectivity index (χ2v) is 6.46. The smallest absolute Gasteiger partial charge is 0.272 e. The van der Waals surface area contributed by atoms with Gasteiger partial charge >= 0.3 is 0 Å². The number of benzene rings is 2. The van der Waals surface area contributed by atoms with Gasteiger partial charge in [0, 0.05) is 17.1 Å². The van der Waals surface area contributed by atoms with Crippen molar-refractivity contribution in [2.75, 3.05) is 11.9 Å². The Kier molecular flexibility index (Phi) is 4.50. The van der Waals surface area contributed by atoms with Gasteiger partial charge in [0.05, 0.1) is 5.69 Å². The fourth-order valence-corrected chi connectivity index (χ4v) is 3.68. The maximum absolute atomic E-state index is 12.8. The van der Waals surface area contributed by atoms with E-state index in [9.17, 15) is 4.79 Å². The maximum atomic E-state index is 12.8. The third-order valence-corrected chi connectivity index (χ3v) is 5.05. The Morgan fingerprint density at radius 3 is 2.59 bits per heavy atom. The zero-order valence-electron chi connectivity index (χ0n) is 12.5. The molecule has 0 bridgehead atoms. The fourth-order valence-electron chi connectivity index (χ4n) is 2.45. The van der Waals surface area contributed by atoms with Crippen molar-refractivity contribution in [3.63, 3.8) is 0 Å². The molecule has 1 N–H and O–H groups in total. The second-order valence-electron chi connectivity index (χ2n) is 5.24. The summed E-state index contributed by atoms with van der Waals surface area (Å²) < 4.78 is 6.12. The number of unbranched alkanes of at least 4 members (excludes halogenated alkanes) is 1. The molecular weight excluding hydrogens is 294 g/mol. The number of para-hydroxylation sites is 1. The van der Waals surface area contributed by atoms with E-state index in [1.165, 1.54) is 11.8 Å². The Morgan fingerprint density at radius 2 is 1.82 bits per heavy atom. The highest BCUT2D eigenvalue weighted by Crippen LogP contribution is 2.49. The number of carbonyl (C=O) groups excluding carboxylic acids is 1. The summed E-state index contributed by atoms with van der Waals surface area (Å²) in [6.07, 6.45) is 1.97. The highest BCUT2D eigenvalue weighted by molar-refractivity contribution is 8.01. The molecule has 0 fully saturated rings. The van der Waals surface area contributed by atoms with Gasteiger partial charge in [-0.1, -0.05) is 67.6 Å². The van der Waals surface area contributed by atoms with Crippen LogP contribution in [0.1, 0.15) is 25.3 Å². The molecule has 2 aromatic carbocycles. The molecule has 3 rings (SSSR count). The summed E-state index contributed by atoms with van der Waals surface area (Å²) >= 11 is 1.48. The van der Waals surface area contributed by atoms with E-state index in [0.717, 1.165) is 29.0 Å². The van der Waals surface area contributed by atoms with Crippen molar-refractivity contribution in [1.82, 2.24) is 0 Å². The summed E-state index contributed by atoms with van der Waals surface area (Å²) in [6.45, 7) is 2.68. The third kappa shape index (κ3) is 2.76. The molecule has 0 radical (unpaired) electrons. The molecule has 1 aliphatic heterocycles. The lowest BCUT2D eigenvalue weighted by Gasteiger charge is -2.36. The minimum absolute atomic E-state index is 0.112. The van der Waals surface area contributed by atoms with Gasteiger partial charge in [-0.2, -0.15) is 0 Å². The van der Waals surface area contributed by atoms with E-state index >= 15 is 0 Å². The van der Waals surface area contributed by atoms with Gasteiger partial charge in [0.1, 0.15) is 0 Å². The molecule has 0 aromatic heterocycles. The van der Waals surface area contributed by atoms with Crippen LogP contribution < -0.4 is 5.32 Å². The van der Waals surface area contributed by atoms with Gasteiger partial charge < -0.3 is 10.1 Å². The largest absolute Gasteiger partial charge is 0.351 e. The number of fused-ring (bicyclic) bond motifs is 1. The zero-order chi connectivity index (χ0) is 15.4. The maximum Gasteiger partial charge on any atom is 0.272 e. The van der Waals surface area contributed by atoms with Gasteiger partial charge in [-0.25, -0.2) is 0 Å². The van der Waals surface area contributed by atoms with Crippen molar-refractivity contribution in [1.29, 1.82) is 0 Å². The Labute approximate surface area is 135 Å². The Morgan fingerprint density at radius 1 is 1.09 bits per heavy atom. The van der Waals surface area contributed by atoms with Gasteiger partial charge in [-0.05, 0) is 18.6 Å². The summed E-state index contributed by atoms with van der Waals surface area (Å²) in [5, 5.41) is 2.99. The summed E-state index contributed by atoms with van der Waals surface area (Å²) in [4.78, 5) is 12.8. The van der Waals surface area contributed by atoms with Gasteiger partial charge in [-0.3, -0.25) is 4.79 Å². The number of rotatable bonds is 5. The van der Waals surface area contributed by atoms with Gasteiger partial charge in [0.15, 0.2) is 0 Å². The number of thioether (sulfide) groups is 1. The lowest BCUT2D eigenvalue weighted by molar-refractivity contribution is -0.131. The van der Waals surface area contributed by atoms with Crippen molar-refractivity contribution in [2.24, 2.45) is 0 Å². The summed E-state index contributed by atoms with van der Waals surface area (Å²) in [7, 11) is 0.